The van der Waals surface area contributed by atoms with Gasteiger partial charge in [-0.2, -0.15) is 0 Å². The van der Waals surface area contributed by atoms with Gasteiger partial charge in [-0.05, 0) is 19.1 Å². The standard InChI is InChI=1S/C15H13N3O4/c1-9-6-13(18-22-9)17-14(19)8-21-15(20)12-7-10-4-2-3-5-11(10)16-12/h2-7,16H,8H2,1H3,(H,17,18,19). The van der Waals surface area contributed by atoms with E-state index in [1.54, 1.807) is 19.1 Å². The highest BCUT2D eigenvalue weighted by Crippen LogP contribution is 2.15. The van der Waals surface area contributed by atoms with Crippen molar-refractivity contribution < 1.29 is 18.8 Å². The lowest BCUT2D eigenvalue weighted by atomic mass is 10.2. The maximum Gasteiger partial charge on any atom is 0.355 e. The van der Waals surface area contributed by atoms with Gasteiger partial charge in [0.05, 0.1) is 0 Å². The molecule has 0 bridgehead atoms. The number of esters is 1. The predicted molar refractivity (Wildman–Crippen MR) is 78.5 cm³/mol. The lowest BCUT2D eigenvalue weighted by Gasteiger charge is -2.02. The van der Waals surface area contributed by atoms with Gasteiger partial charge >= 0.3 is 5.97 Å². The number of H-pyrrole nitrogens is 1. The fraction of sp³-hybridized carbons (Fsp3) is 0.133. The van der Waals surface area contributed by atoms with Gasteiger partial charge in [0.25, 0.3) is 5.91 Å². The summed E-state index contributed by atoms with van der Waals surface area (Å²) in [5, 5.41) is 6.98. The number of para-hydroxylation sites is 1. The highest BCUT2D eigenvalue weighted by molar-refractivity contribution is 5.97. The highest BCUT2D eigenvalue weighted by atomic mass is 16.5. The summed E-state index contributed by atoms with van der Waals surface area (Å²) in [4.78, 5) is 26.5. The maximum absolute atomic E-state index is 11.9. The molecule has 2 heterocycles. The molecular weight excluding hydrogens is 286 g/mol. The number of nitrogens with one attached hydrogen (secondary N) is 2. The number of amides is 1. The van der Waals surface area contributed by atoms with Crippen molar-refractivity contribution in [3.63, 3.8) is 0 Å². The zero-order valence-corrected chi connectivity index (χ0v) is 11.8. The monoisotopic (exact) mass is 299 g/mol. The molecule has 0 unspecified atom stereocenters. The molecule has 0 fully saturated rings. The Morgan fingerprint density at radius 2 is 2.14 bits per heavy atom. The number of benzene rings is 1. The van der Waals surface area contributed by atoms with E-state index >= 15 is 0 Å². The SMILES string of the molecule is Cc1cc(NC(=O)COC(=O)c2cc3ccccc3[nH]2)no1. The number of carbonyl (C=O) groups excluding carboxylic acids is 2. The molecule has 3 rings (SSSR count). The van der Waals surface area contributed by atoms with Crippen molar-refractivity contribution in [1.82, 2.24) is 10.1 Å². The molecule has 2 aromatic heterocycles. The molecule has 3 aromatic rings. The molecule has 1 amide bonds. The van der Waals surface area contributed by atoms with Gasteiger partial charge in [0.1, 0.15) is 11.5 Å². The number of rotatable bonds is 4. The third kappa shape index (κ3) is 2.98. The van der Waals surface area contributed by atoms with Crippen molar-refractivity contribution in [1.29, 1.82) is 0 Å². The van der Waals surface area contributed by atoms with Gasteiger partial charge in [-0.15, -0.1) is 0 Å². The summed E-state index contributed by atoms with van der Waals surface area (Å²) in [6.45, 7) is 1.30. The average Bonchev–Trinajstić information content (AvgIpc) is 3.10. The third-order valence-corrected chi connectivity index (χ3v) is 2.98. The first-order valence-electron chi connectivity index (χ1n) is 6.60. The Morgan fingerprint density at radius 3 is 2.86 bits per heavy atom. The van der Waals surface area contributed by atoms with Crippen LogP contribution in [0.15, 0.2) is 40.9 Å². The zero-order valence-electron chi connectivity index (χ0n) is 11.8. The molecule has 0 radical (unpaired) electrons. The number of hydrogen-bond donors (Lipinski definition) is 2. The van der Waals surface area contributed by atoms with Crippen LogP contribution in [0, 0.1) is 6.92 Å². The van der Waals surface area contributed by atoms with Gasteiger partial charge in [0.2, 0.25) is 0 Å². The van der Waals surface area contributed by atoms with Crippen LogP contribution in [0.4, 0.5) is 5.82 Å². The number of hydrogen-bond acceptors (Lipinski definition) is 5. The third-order valence-electron chi connectivity index (χ3n) is 2.98. The number of ether oxygens (including phenoxy) is 1. The second-order valence-electron chi connectivity index (χ2n) is 4.72. The molecule has 0 spiro atoms. The lowest BCUT2D eigenvalue weighted by Crippen LogP contribution is -2.21. The number of aryl methyl sites for hydroxylation is 1. The summed E-state index contributed by atoms with van der Waals surface area (Å²) in [5.41, 5.74) is 1.13. The van der Waals surface area contributed by atoms with E-state index in [0.29, 0.717) is 11.5 Å². The second kappa shape index (κ2) is 5.72. The number of carbonyl (C=O) groups is 2. The fourth-order valence-corrected chi connectivity index (χ4v) is 2.00. The van der Waals surface area contributed by atoms with Gasteiger partial charge < -0.3 is 19.6 Å². The molecule has 22 heavy (non-hydrogen) atoms. The van der Waals surface area contributed by atoms with E-state index in [9.17, 15) is 9.59 Å². The molecule has 112 valence electrons. The first-order chi connectivity index (χ1) is 10.6. The molecule has 7 nitrogen and oxygen atoms in total. The number of fused-ring (bicyclic) bond motifs is 1. The van der Waals surface area contributed by atoms with Gasteiger partial charge in [-0.25, -0.2) is 4.79 Å². The molecule has 0 aliphatic rings. The summed E-state index contributed by atoms with van der Waals surface area (Å²) in [7, 11) is 0. The average molecular weight is 299 g/mol. The molecule has 0 saturated heterocycles. The Balaban J connectivity index is 1.58. The Kier molecular flexibility index (Phi) is 3.61. The molecule has 0 saturated carbocycles. The highest BCUT2D eigenvalue weighted by Gasteiger charge is 2.13. The van der Waals surface area contributed by atoms with E-state index in [1.807, 2.05) is 24.3 Å². The van der Waals surface area contributed by atoms with E-state index < -0.39 is 18.5 Å². The van der Waals surface area contributed by atoms with Crippen molar-refractivity contribution in [2.75, 3.05) is 11.9 Å². The van der Waals surface area contributed by atoms with Crippen LogP contribution in [-0.2, 0) is 9.53 Å². The normalized spacial score (nSPS) is 10.6. The molecule has 0 atom stereocenters. The smallest absolute Gasteiger partial charge is 0.355 e. The summed E-state index contributed by atoms with van der Waals surface area (Å²) in [5.74, 6) is -0.227. The molecule has 2 N–H and O–H groups in total. The van der Waals surface area contributed by atoms with Gasteiger partial charge in [-0.3, -0.25) is 4.79 Å². The van der Waals surface area contributed by atoms with Crippen molar-refractivity contribution in [3.05, 3.63) is 47.9 Å². The van der Waals surface area contributed by atoms with Crippen LogP contribution in [0.5, 0.6) is 0 Å². The van der Waals surface area contributed by atoms with Crippen molar-refractivity contribution in [3.8, 4) is 0 Å². The van der Waals surface area contributed by atoms with Crippen LogP contribution >= 0.6 is 0 Å². The summed E-state index contributed by atoms with van der Waals surface area (Å²) in [6.07, 6.45) is 0. The van der Waals surface area contributed by atoms with Crippen LogP contribution in [-0.4, -0.2) is 28.6 Å². The topological polar surface area (TPSA) is 97.2 Å². The molecule has 1 aromatic carbocycles. The Labute approximate surface area is 125 Å². The van der Waals surface area contributed by atoms with Crippen LogP contribution in [0.25, 0.3) is 10.9 Å². The van der Waals surface area contributed by atoms with Crippen molar-refractivity contribution >= 4 is 28.6 Å². The van der Waals surface area contributed by atoms with E-state index in [4.69, 9.17) is 9.26 Å². The number of nitrogens with zero attached hydrogens (tertiary/aromatic N) is 1. The van der Waals surface area contributed by atoms with Crippen LogP contribution in [0.1, 0.15) is 16.2 Å². The van der Waals surface area contributed by atoms with Gasteiger partial charge in [0.15, 0.2) is 12.4 Å². The minimum absolute atomic E-state index is 0.282. The summed E-state index contributed by atoms with van der Waals surface area (Å²) >= 11 is 0. The fourth-order valence-electron chi connectivity index (χ4n) is 2.00. The van der Waals surface area contributed by atoms with Gasteiger partial charge in [0, 0.05) is 17.0 Å². The minimum atomic E-state index is -0.595. The first kappa shape index (κ1) is 13.9. The van der Waals surface area contributed by atoms with Crippen LogP contribution < -0.4 is 5.32 Å². The quantitative estimate of drug-likeness (QED) is 0.720. The minimum Gasteiger partial charge on any atom is -0.451 e. The van der Waals surface area contributed by atoms with Crippen molar-refractivity contribution in [2.45, 2.75) is 6.92 Å². The van der Waals surface area contributed by atoms with E-state index in [0.717, 1.165) is 10.9 Å². The van der Waals surface area contributed by atoms with Gasteiger partial charge in [-0.1, -0.05) is 23.4 Å². The van der Waals surface area contributed by atoms with E-state index in [2.05, 4.69) is 15.5 Å². The summed E-state index contributed by atoms with van der Waals surface area (Å²) < 4.78 is 9.77. The molecule has 0 aliphatic carbocycles. The lowest BCUT2D eigenvalue weighted by molar-refractivity contribution is -0.119. The zero-order chi connectivity index (χ0) is 15.5. The second-order valence-corrected chi connectivity index (χ2v) is 4.72. The molecule has 0 aliphatic heterocycles. The molecular formula is C15H13N3O4. The summed E-state index contributed by atoms with van der Waals surface area (Å²) in [6, 6.07) is 10.7. The predicted octanol–water partition coefficient (Wildman–Crippen LogP) is 2.26. The van der Waals surface area contributed by atoms with E-state index in [-0.39, 0.29) is 5.82 Å². The van der Waals surface area contributed by atoms with E-state index in [1.165, 1.54) is 0 Å². The van der Waals surface area contributed by atoms with Crippen LogP contribution in [0.3, 0.4) is 0 Å². The Bertz CT molecular complexity index is 801. The van der Waals surface area contributed by atoms with Crippen molar-refractivity contribution in [2.24, 2.45) is 0 Å². The molecule has 7 heteroatoms. The number of anilines is 1. The maximum atomic E-state index is 11.9. The Hall–Kier alpha value is -3.09. The van der Waals surface area contributed by atoms with Crippen LogP contribution in [0.2, 0.25) is 0 Å². The largest absolute Gasteiger partial charge is 0.451 e. The first-order valence-corrected chi connectivity index (χ1v) is 6.60. The Morgan fingerprint density at radius 1 is 1.32 bits per heavy atom. The number of aromatic amines is 1. The number of aromatic nitrogens is 2.